The molecule has 1 N–H and O–H groups in total. The topological polar surface area (TPSA) is 60.6 Å². The second-order valence-electron chi connectivity index (χ2n) is 3.92. The van der Waals surface area contributed by atoms with E-state index in [1.807, 2.05) is 30.2 Å². The van der Waals surface area contributed by atoms with Gasteiger partial charge >= 0.3 is 0 Å². The van der Waals surface area contributed by atoms with Gasteiger partial charge in [-0.3, -0.25) is 4.68 Å². The third kappa shape index (κ3) is 3.13. The van der Waals surface area contributed by atoms with Gasteiger partial charge in [-0.05, 0) is 13.5 Å². The highest BCUT2D eigenvalue weighted by Gasteiger charge is 2.01. The number of aromatic nitrogens is 5. The van der Waals surface area contributed by atoms with Gasteiger partial charge in [-0.15, -0.1) is 5.10 Å². The smallest absolute Gasteiger partial charge is 0.105 e. The first-order valence-electron chi connectivity index (χ1n) is 5.87. The van der Waals surface area contributed by atoms with Gasteiger partial charge in [0.05, 0.1) is 12.2 Å². The van der Waals surface area contributed by atoms with Crippen LogP contribution in [-0.4, -0.2) is 31.1 Å². The van der Waals surface area contributed by atoms with E-state index >= 15 is 0 Å². The van der Waals surface area contributed by atoms with Crippen molar-refractivity contribution < 1.29 is 0 Å². The predicted molar refractivity (Wildman–Crippen MR) is 64.4 cm³/mol. The lowest BCUT2D eigenvalue weighted by Gasteiger charge is -2.03. The predicted octanol–water partition coefficient (Wildman–Crippen LogP) is 0.593. The standard InChI is InChI=1S/C11H18N6/c1-3-12-8-11-9-17(15-14-11)7-6-16-5-4-13-10(16)2/h4-5,9,12H,3,6-8H2,1-2H3. The summed E-state index contributed by atoms with van der Waals surface area (Å²) in [4.78, 5) is 4.18. The van der Waals surface area contributed by atoms with Crippen LogP contribution in [0.5, 0.6) is 0 Å². The van der Waals surface area contributed by atoms with Gasteiger partial charge in [0.25, 0.3) is 0 Å². The van der Waals surface area contributed by atoms with Crippen LogP contribution in [-0.2, 0) is 19.6 Å². The molecule has 2 aromatic heterocycles. The van der Waals surface area contributed by atoms with Crippen LogP contribution in [0.1, 0.15) is 18.4 Å². The number of rotatable bonds is 6. The lowest BCUT2D eigenvalue weighted by molar-refractivity contribution is 0.513. The van der Waals surface area contributed by atoms with Crippen LogP contribution in [0.2, 0.25) is 0 Å². The lowest BCUT2D eigenvalue weighted by Crippen LogP contribution is -2.12. The minimum atomic E-state index is 0.778. The van der Waals surface area contributed by atoms with Gasteiger partial charge in [0, 0.05) is 31.7 Å². The van der Waals surface area contributed by atoms with E-state index in [0.717, 1.165) is 37.7 Å². The van der Waals surface area contributed by atoms with Gasteiger partial charge in [0.15, 0.2) is 0 Å². The van der Waals surface area contributed by atoms with Gasteiger partial charge < -0.3 is 9.88 Å². The summed E-state index contributed by atoms with van der Waals surface area (Å²) in [5, 5.41) is 11.4. The lowest BCUT2D eigenvalue weighted by atomic mass is 10.4. The SMILES string of the molecule is CCNCc1cn(CCn2ccnc2C)nn1. The van der Waals surface area contributed by atoms with Gasteiger partial charge in [0.2, 0.25) is 0 Å². The average molecular weight is 234 g/mol. The molecule has 0 saturated heterocycles. The summed E-state index contributed by atoms with van der Waals surface area (Å²) in [6.45, 7) is 7.48. The Hall–Kier alpha value is -1.69. The second-order valence-corrected chi connectivity index (χ2v) is 3.92. The van der Waals surface area contributed by atoms with Crippen LogP contribution in [0.15, 0.2) is 18.6 Å². The fraction of sp³-hybridized carbons (Fsp3) is 0.545. The van der Waals surface area contributed by atoms with Crippen molar-refractivity contribution in [1.82, 2.24) is 29.9 Å². The van der Waals surface area contributed by atoms with E-state index in [9.17, 15) is 0 Å². The Bertz CT molecular complexity index is 458. The summed E-state index contributed by atoms with van der Waals surface area (Å²) in [5.74, 6) is 1.03. The third-order valence-electron chi connectivity index (χ3n) is 2.64. The number of hydrogen-bond acceptors (Lipinski definition) is 4. The minimum absolute atomic E-state index is 0.778. The molecule has 6 heteroatoms. The van der Waals surface area contributed by atoms with Crippen LogP contribution in [0.4, 0.5) is 0 Å². The molecule has 2 rings (SSSR count). The van der Waals surface area contributed by atoms with Gasteiger partial charge in [0.1, 0.15) is 5.82 Å². The molecule has 0 saturated carbocycles. The van der Waals surface area contributed by atoms with E-state index in [1.165, 1.54) is 0 Å². The molecule has 17 heavy (non-hydrogen) atoms. The summed E-state index contributed by atoms with van der Waals surface area (Å²) in [7, 11) is 0. The van der Waals surface area contributed by atoms with Crippen molar-refractivity contribution in [2.24, 2.45) is 0 Å². The van der Waals surface area contributed by atoms with E-state index in [0.29, 0.717) is 0 Å². The molecule has 2 heterocycles. The number of hydrogen-bond donors (Lipinski definition) is 1. The van der Waals surface area contributed by atoms with Crippen molar-refractivity contribution in [1.29, 1.82) is 0 Å². The quantitative estimate of drug-likeness (QED) is 0.795. The molecule has 6 nitrogen and oxygen atoms in total. The zero-order valence-corrected chi connectivity index (χ0v) is 10.3. The number of imidazole rings is 1. The largest absolute Gasteiger partial charge is 0.333 e. The van der Waals surface area contributed by atoms with E-state index in [1.54, 1.807) is 0 Å². The van der Waals surface area contributed by atoms with E-state index in [4.69, 9.17) is 0 Å². The van der Waals surface area contributed by atoms with Crippen LogP contribution < -0.4 is 5.32 Å². The molecule has 0 unspecified atom stereocenters. The molecule has 0 bridgehead atoms. The Kier molecular flexibility index (Phi) is 3.87. The van der Waals surface area contributed by atoms with Gasteiger partial charge in [-0.25, -0.2) is 4.98 Å². The maximum atomic E-state index is 4.18. The molecule has 0 atom stereocenters. The first-order chi connectivity index (χ1) is 8.29. The number of nitrogens with zero attached hydrogens (tertiary/aromatic N) is 5. The summed E-state index contributed by atoms with van der Waals surface area (Å²) in [6, 6.07) is 0. The van der Waals surface area contributed by atoms with E-state index < -0.39 is 0 Å². The Morgan fingerprint density at radius 3 is 2.94 bits per heavy atom. The Labute approximate surface area is 101 Å². The van der Waals surface area contributed by atoms with Crippen molar-refractivity contribution >= 4 is 0 Å². The van der Waals surface area contributed by atoms with E-state index in [-0.39, 0.29) is 0 Å². The van der Waals surface area contributed by atoms with Crippen molar-refractivity contribution in [3.8, 4) is 0 Å². The third-order valence-corrected chi connectivity index (χ3v) is 2.64. The fourth-order valence-corrected chi connectivity index (χ4v) is 1.63. The monoisotopic (exact) mass is 234 g/mol. The minimum Gasteiger partial charge on any atom is -0.333 e. The Morgan fingerprint density at radius 2 is 2.24 bits per heavy atom. The number of aryl methyl sites for hydroxylation is 3. The molecule has 0 radical (unpaired) electrons. The molecular formula is C11H18N6. The summed E-state index contributed by atoms with van der Waals surface area (Å²) < 4.78 is 3.97. The van der Waals surface area contributed by atoms with Crippen LogP contribution in [0, 0.1) is 6.92 Å². The fourth-order valence-electron chi connectivity index (χ4n) is 1.63. The Morgan fingerprint density at radius 1 is 1.35 bits per heavy atom. The molecule has 0 aliphatic carbocycles. The molecule has 0 spiro atoms. The zero-order chi connectivity index (χ0) is 12.1. The van der Waals surface area contributed by atoms with Crippen molar-refractivity contribution in [3.63, 3.8) is 0 Å². The normalized spacial score (nSPS) is 10.9. The zero-order valence-electron chi connectivity index (χ0n) is 10.3. The molecular weight excluding hydrogens is 216 g/mol. The van der Waals surface area contributed by atoms with Crippen molar-refractivity contribution in [2.75, 3.05) is 6.54 Å². The summed E-state index contributed by atoms with van der Waals surface area (Å²) in [5.41, 5.74) is 0.981. The van der Waals surface area contributed by atoms with Crippen LogP contribution in [0.25, 0.3) is 0 Å². The highest BCUT2D eigenvalue weighted by molar-refractivity contribution is 4.92. The molecule has 0 aromatic carbocycles. The Balaban J connectivity index is 1.87. The second kappa shape index (κ2) is 5.58. The summed E-state index contributed by atoms with van der Waals surface area (Å²) in [6.07, 6.45) is 5.77. The van der Waals surface area contributed by atoms with Gasteiger partial charge in [-0.2, -0.15) is 0 Å². The van der Waals surface area contributed by atoms with Gasteiger partial charge in [-0.1, -0.05) is 12.1 Å². The van der Waals surface area contributed by atoms with E-state index in [2.05, 4.69) is 32.1 Å². The average Bonchev–Trinajstić information content (AvgIpc) is 2.93. The van der Waals surface area contributed by atoms with Crippen LogP contribution in [0.3, 0.4) is 0 Å². The van der Waals surface area contributed by atoms with Crippen molar-refractivity contribution in [3.05, 3.63) is 30.1 Å². The molecule has 92 valence electrons. The molecule has 0 fully saturated rings. The first kappa shape index (κ1) is 11.8. The first-order valence-corrected chi connectivity index (χ1v) is 5.87. The van der Waals surface area contributed by atoms with Crippen LogP contribution >= 0.6 is 0 Å². The van der Waals surface area contributed by atoms with Crippen molar-refractivity contribution in [2.45, 2.75) is 33.5 Å². The molecule has 0 aliphatic heterocycles. The molecule has 0 amide bonds. The molecule has 2 aromatic rings. The molecule has 0 aliphatic rings. The number of nitrogens with one attached hydrogen (secondary N) is 1. The highest BCUT2D eigenvalue weighted by atomic mass is 15.4. The highest BCUT2D eigenvalue weighted by Crippen LogP contribution is 1.98. The maximum absolute atomic E-state index is 4.18. The summed E-state index contributed by atoms with van der Waals surface area (Å²) >= 11 is 0. The maximum Gasteiger partial charge on any atom is 0.105 e.